The summed E-state index contributed by atoms with van der Waals surface area (Å²) in [5.41, 5.74) is 6.81. The number of nitrogens with two attached hydrogens (primary N) is 1. The molecule has 0 aromatic carbocycles. The molecule has 0 unspecified atom stereocenters. The van der Waals surface area contributed by atoms with E-state index in [2.05, 4.69) is 4.98 Å². The zero-order valence-corrected chi connectivity index (χ0v) is 10.8. The number of ether oxygens (including phenoxy) is 1. The lowest BCUT2D eigenvalue weighted by molar-refractivity contribution is -0.149. The van der Waals surface area contributed by atoms with Gasteiger partial charge in [0.25, 0.3) is 0 Å². The third-order valence-electron chi connectivity index (χ3n) is 3.63. The van der Waals surface area contributed by atoms with Gasteiger partial charge >= 0.3 is 5.97 Å². The van der Waals surface area contributed by atoms with Gasteiger partial charge in [0.2, 0.25) is 0 Å². The van der Waals surface area contributed by atoms with E-state index in [1.807, 2.05) is 25.3 Å². The van der Waals surface area contributed by atoms with Crippen LogP contribution in [0.2, 0.25) is 0 Å². The molecular weight excluding hydrogens is 228 g/mol. The van der Waals surface area contributed by atoms with Crippen LogP contribution >= 0.6 is 0 Å². The van der Waals surface area contributed by atoms with Gasteiger partial charge in [0, 0.05) is 6.20 Å². The zero-order valence-electron chi connectivity index (χ0n) is 10.8. The Labute approximate surface area is 108 Å². The van der Waals surface area contributed by atoms with E-state index < -0.39 is 0 Å². The Morgan fingerprint density at radius 2 is 2.11 bits per heavy atom. The van der Waals surface area contributed by atoms with Gasteiger partial charge in [0.15, 0.2) is 0 Å². The second-order valence-electron chi connectivity index (χ2n) is 4.82. The van der Waals surface area contributed by atoms with Crippen molar-refractivity contribution in [3.8, 4) is 0 Å². The largest absolute Gasteiger partial charge is 0.466 e. The fourth-order valence-corrected chi connectivity index (χ4v) is 2.58. The van der Waals surface area contributed by atoms with Crippen LogP contribution in [0, 0.1) is 5.92 Å². The molecule has 2 N–H and O–H groups in total. The van der Waals surface area contributed by atoms with Gasteiger partial charge in [-0.3, -0.25) is 4.79 Å². The number of carbonyl (C=O) groups excluding carboxylic acids is 1. The number of hydrogen-bond donors (Lipinski definition) is 1. The number of anilines is 1. The van der Waals surface area contributed by atoms with Crippen LogP contribution < -0.4 is 5.73 Å². The lowest BCUT2D eigenvalue weighted by Crippen LogP contribution is -2.23. The topological polar surface area (TPSA) is 65.2 Å². The molecule has 4 nitrogen and oxygen atoms in total. The number of aromatic nitrogens is 1. The summed E-state index contributed by atoms with van der Waals surface area (Å²) in [5.74, 6) is 1.11. The van der Waals surface area contributed by atoms with Crippen molar-refractivity contribution in [1.29, 1.82) is 0 Å². The van der Waals surface area contributed by atoms with Crippen LogP contribution in [0.15, 0.2) is 18.3 Å². The minimum atomic E-state index is -0.0358. The van der Waals surface area contributed by atoms with Gasteiger partial charge in [-0.05, 0) is 50.2 Å². The number of carbonyl (C=O) groups is 1. The molecule has 1 heterocycles. The molecule has 0 atom stereocenters. The number of esters is 1. The second-order valence-corrected chi connectivity index (χ2v) is 4.82. The van der Waals surface area contributed by atoms with E-state index in [-0.39, 0.29) is 11.9 Å². The number of nitrogen functional groups attached to an aromatic ring is 1. The van der Waals surface area contributed by atoms with Gasteiger partial charge < -0.3 is 10.5 Å². The maximum Gasteiger partial charge on any atom is 0.308 e. The van der Waals surface area contributed by atoms with Crippen molar-refractivity contribution in [2.75, 3.05) is 12.3 Å². The van der Waals surface area contributed by atoms with E-state index in [4.69, 9.17) is 10.5 Å². The Kier molecular flexibility index (Phi) is 4.18. The SMILES string of the molecule is CCOC(=O)C1CCC(c2ccc(N)nc2)CC1. The summed E-state index contributed by atoms with van der Waals surface area (Å²) in [6.45, 7) is 2.32. The van der Waals surface area contributed by atoms with Crippen LogP contribution in [0.4, 0.5) is 5.82 Å². The molecule has 0 bridgehead atoms. The average molecular weight is 248 g/mol. The molecule has 1 aromatic rings. The molecule has 18 heavy (non-hydrogen) atoms. The quantitative estimate of drug-likeness (QED) is 0.835. The van der Waals surface area contributed by atoms with E-state index in [1.54, 1.807) is 0 Å². The van der Waals surface area contributed by atoms with Gasteiger partial charge in [0.05, 0.1) is 12.5 Å². The first-order valence-electron chi connectivity index (χ1n) is 6.58. The van der Waals surface area contributed by atoms with Crippen molar-refractivity contribution < 1.29 is 9.53 Å². The minimum absolute atomic E-state index is 0.0358. The van der Waals surface area contributed by atoms with Crippen molar-refractivity contribution in [3.05, 3.63) is 23.9 Å². The summed E-state index contributed by atoms with van der Waals surface area (Å²) in [4.78, 5) is 15.8. The normalized spacial score (nSPS) is 23.6. The molecular formula is C14H20N2O2. The molecule has 4 heteroatoms. The number of nitrogens with zero attached hydrogens (tertiary/aromatic N) is 1. The highest BCUT2D eigenvalue weighted by Gasteiger charge is 2.27. The van der Waals surface area contributed by atoms with Crippen molar-refractivity contribution in [2.45, 2.75) is 38.5 Å². The van der Waals surface area contributed by atoms with E-state index in [0.717, 1.165) is 25.7 Å². The third-order valence-corrected chi connectivity index (χ3v) is 3.63. The van der Waals surface area contributed by atoms with Crippen molar-refractivity contribution in [3.63, 3.8) is 0 Å². The van der Waals surface area contributed by atoms with Crippen LogP contribution in [0.25, 0.3) is 0 Å². The summed E-state index contributed by atoms with van der Waals surface area (Å²) in [5, 5.41) is 0. The first kappa shape index (κ1) is 12.9. The fraction of sp³-hybridized carbons (Fsp3) is 0.571. The lowest BCUT2D eigenvalue weighted by atomic mass is 9.79. The van der Waals surface area contributed by atoms with Crippen LogP contribution in [-0.4, -0.2) is 17.6 Å². The highest BCUT2D eigenvalue weighted by atomic mass is 16.5. The van der Waals surface area contributed by atoms with Crippen molar-refractivity contribution in [1.82, 2.24) is 4.98 Å². The Morgan fingerprint density at radius 3 is 2.67 bits per heavy atom. The van der Waals surface area contributed by atoms with Gasteiger partial charge in [-0.2, -0.15) is 0 Å². The van der Waals surface area contributed by atoms with Crippen LogP contribution in [0.5, 0.6) is 0 Å². The van der Waals surface area contributed by atoms with E-state index in [9.17, 15) is 4.79 Å². The summed E-state index contributed by atoms with van der Waals surface area (Å²) in [6, 6.07) is 3.88. The molecule has 1 saturated carbocycles. The fourth-order valence-electron chi connectivity index (χ4n) is 2.58. The van der Waals surface area contributed by atoms with Gasteiger partial charge in [-0.25, -0.2) is 4.98 Å². The predicted molar refractivity (Wildman–Crippen MR) is 70.0 cm³/mol. The molecule has 98 valence electrons. The Hall–Kier alpha value is -1.58. The van der Waals surface area contributed by atoms with Crippen LogP contribution in [-0.2, 0) is 9.53 Å². The number of pyridine rings is 1. The van der Waals surface area contributed by atoms with E-state index in [1.165, 1.54) is 5.56 Å². The zero-order chi connectivity index (χ0) is 13.0. The summed E-state index contributed by atoms with van der Waals surface area (Å²) < 4.78 is 5.07. The monoisotopic (exact) mass is 248 g/mol. The third kappa shape index (κ3) is 3.00. The van der Waals surface area contributed by atoms with Gasteiger partial charge in [0.1, 0.15) is 5.82 Å². The van der Waals surface area contributed by atoms with E-state index >= 15 is 0 Å². The molecule has 0 spiro atoms. The molecule has 0 aliphatic heterocycles. The van der Waals surface area contributed by atoms with Gasteiger partial charge in [-0.1, -0.05) is 6.07 Å². The molecule has 0 saturated heterocycles. The molecule has 1 fully saturated rings. The average Bonchev–Trinajstić information content (AvgIpc) is 2.40. The Bertz CT molecular complexity index is 395. The summed E-state index contributed by atoms with van der Waals surface area (Å²) >= 11 is 0. The minimum Gasteiger partial charge on any atom is -0.466 e. The molecule has 2 rings (SSSR count). The van der Waals surface area contributed by atoms with Crippen LogP contribution in [0.1, 0.15) is 44.1 Å². The summed E-state index contributed by atoms with van der Waals surface area (Å²) in [6.07, 6.45) is 5.72. The molecule has 1 aliphatic rings. The standard InChI is InChI=1S/C14H20N2O2/c1-2-18-14(17)11-5-3-10(4-6-11)12-7-8-13(15)16-9-12/h7-11H,2-6H2,1H3,(H2,15,16). The molecule has 0 radical (unpaired) electrons. The highest BCUT2D eigenvalue weighted by molar-refractivity contribution is 5.72. The van der Waals surface area contributed by atoms with Crippen LogP contribution in [0.3, 0.4) is 0 Å². The Balaban J connectivity index is 1.90. The first-order valence-corrected chi connectivity index (χ1v) is 6.58. The highest BCUT2D eigenvalue weighted by Crippen LogP contribution is 2.36. The van der Waals surface area contributed by atoms with Crippen molar-refractivity contribution >= 4 is 11.8 Å². The first-order chi connectivity index (χ1) is 8.70. The number of rotatable bonds is 3. The molecule has 1 aliphatic carbocycles. The smallest absolute Gasteiger partial charge is 0.308 e. The van der Waals surface area contributed by atoms with Gasteiger partial charge in [-0.15, -0.1) is 0 Å². The summed E-state index contributed by atoms with van der Waals surface area (Å²) in [7, 11) is 0. The lowest BCUT2D eigenvalue weighted by Gasteiger charge is -2.27. The van der Waals surface area contributed by atoms with Crippen molar-refractivity contribution in [2.24, 2.45) is 5.92 Å². The van der Waals surface area contributed by atoms with E-state index in [0.29, 0.717) is 18.3 Å². The predicted octanol–water partition coefficient (Wildman–Crippen LogP) is 2.50. The maximum absolute atomic E-state index is 11.6. The maximum atomic E-state index is 11.6. The molecule has 0 amide bonds. The molecule has 1 aromatic heterocycles. The Morgan fingerprint density at radius 1 is 1.39 bits per heavy atom. The number of hydrogen-bond acceptors (Lipinski definition) is 4. The second kappa shape index (κ2) is 5.85.